The summed E-state index contributed by atoms with van der Waals surface area (Å²) in [5.74, 6) is 0.563. The van der Waals surface area contributed by atoms with Gasteiger partial charge in [0.2, 0.25) is 5.91 Å². The third-order valence-corrected chi connectivity index (χ3v) is 3.03. The Labute approximate surface area is 112 Å². The lowest BCUT2D eigenvalue weighted by molar-refractivity contribution is -0.118. The standard InChI is InChI=1S/C14H17N3O2/c15-7-9-19-12-5-3-4-11(10-12)17-14(18)13-6-1-2-8-16-13/h3-5,10,13,16H,1-2,6,8-9H2,(H,17,18)/t13-/m1/s1. The molecule has 1 atom stereocenters. The Bertz CT molecular complexity index is 476. The monoisotopic (exact) mass is 259 g/mol. The molecule has 1 aromatic rings. The van der Waals surface area contributed by atoms with Crippen molar-refractivity contribution in [3.63, 3.8) is 0 Å². The lowest BCUT2D eigenvalue weighted by Gasteiger charge is -2.22. The zero-order valence-electron chi connectivity index (χ0n) is 10.7. The van der Waals surface area contributed by atoms with Crippen molar-refractivity contribution in [3.05, 3.63) is 24.3 Å². The van der Waals surface area contributed by atoms with Crippen LogP contribution in [0.5, 0.6) is 5.75 Å². The summed E-state index contributed by atoms with van der Waals surface area (Å²) in [7, 11) is 0. The number of nitrogens with zero attached hydrogens (tertiary/aromatic N) is 1. The van der Waals surface area contributed by atoms with Gasteiger partial charge in [0, 0.05) is 11.8 Å². The lowest BCUT2D eigenvalue weighted by Crippen LogP contribution is -2.43. The maximum Gasteiger partial charge on any atom is 0.241 e. The molecule has 19 heavy (non-hydrogen) atoms. The molecular formula is C14H17N3O2. The van der Waals surface area contributed by atoms with Crippen LogP contribution >= 0.6 is 0 Å². The Morgan fingerprint density at radius 3 is 3.16 bits per heavy atom. The van der Waals surface area contributed by atoms with Crippen LogP contribution in [0.4, 0.5) is 5.69 Å². The summed E-state index contributed by atoms with van der Waals surface area (Å²) in [6.07, 6.45) is 3.08. The summed E-state index contributed by atoms with van der Waals surface area (Å²) in [6.45, 7) is 0.894. The highest BCUT2D eigenvalue weighted by Gasteiger charge is 2.20. The molecule has 1 fully saturated rings. The second-order valence-electron chi connectivity index (χ2n) is 4.47. The number of hydrogen-bond acceptors (Lipinski definition) is 4. The molecule has 2 N–H and O–H groups in total. The van der Waals surface area contributed by atoms with E-state index in [9.17, 15) is 4.79 Å². The topological polar surface area (TPSA) is 74.1 Å². The van der Waals surface area contributed by atoms with Crippen molar-refractivity contribution in [1.82, 2.24) is 5.32 Å². The number of piperidine rings is 1. The molecule has 1 heterocycles. The van der Waals surface area contributed by atoms with Crippen LogP contribution in [0.2, 0.25) is 0 Å². The fourth-order valence-corrected chi connectivity index (χ4v) is 2.08. The molecule has 1 amide bonds. The van der Waals surface area contributed by atoms with E-state index in [1.165, 1.54) is 0 Å². The first-order valence-electron chi connectivity index (χ1n) is 6.43. The first kappa shape index (κ1) is 13.4. The maximum atomic E-state index is 12.0. The fourth-order valence-electron chi connectivity index (χ4n) is 2.08. The highest BCUT2D eigenvalue weighted by molar-refractivity contribution is 5.95. The van der Waals surface area contributed by atoms with Crippen LogP contribution in [0.25, 0.3) is 0 Å². The molecular weight excluding hydrogens is 242 g/mol. The second-order valence-corrected chi connectivity index (χ2v) is 4.47. The number of anilines is 1. The van der Waals surface area contributed by atoms with Gasteiger partial charge in [-0.25, -0.2) is 0 Å². The number of carbonyl (C=O) groups excluding carboxylic acids is 1. The number of nitriles is 1. The van der Waals surface area contributed by atoms with Crippen LogP contribution < -0.4 is 15.4 Å². The Morgan fingerprint density at radius 1 is 1.53 bits per heavy atom. The number of hydrogen-bond donors (Lipinski definition) is 2. The molecule has 0 spiro atoms. The minimum atomic E-state index is -0.113. The molecule has 0 radical (unpaired) electrons. The SMILES string of the molecule is N#CCOc1cccc(NC(=O)[C@H]2CCCCN2)c1. The molecule has 1 aromatic carbocycles. The lowest BCUT2D eigenvalue weighted by atomic mass is 10.0. The van der Waals surface area contributed by atoms with Gasteiger partial charge in [0.25, 0.3) is 0 Å². The molecule has 0 aromatic heterocycles. The van der Waals surface area contributed by atoms with Gasteiger partial charge in [0.1, 0.15) is 11.8 Å². The average Bonchev–Trinajstić information content (AvgIpc) is 2.46. The van der Waals surface area contributed by atoms with E-state index in [2.05, 4.69) is 10.6 Å². The van der Waals surface area contributed by atoms with Crippen LogP contribution in [-0.4, -0.2) is 25.1 Å². The van der Waals surface area contributed by atoms with Crippen molar-refractivity contribution in [1.29, 1.82) is 5.26 Å². The molecule has 1 saturated heterocycles. The van der Waals surface area contributed by atoms with Gasteiger partial charge in [-0.15, -0.1) is 0 Å². The number of amides is 1. The van der Waals surface area contributed by atoms with E-state index < -0.39 is 0 Å². The minimum absolute atomic E-state index is 0.00157. The molecule has 5 heteroatoms. The molecule has 0 unspecified atom stereocenters. The first-order valence-corrected chi connectivity index (χ1v) is 6.43. The third kappa shape index (κ3) is 3.97. The van der Waals surface area contributed by atoms with E-state index in [4.69, 9.17) is 10.00 Å². The van der Waals surface area contributed by atoms with E-state index in [1.54, 1.807) is 24.3 Å². The van der Waals surface area contributed by atoms with Gasteiger partial charge in [-0.3, -0.25) is 4.79 Å². The maximum absolute atomic E-state index is 12.0. The zero-order chi connectivity index (χ0) is 13.5. The molecule has 0 saturated carbocycles. The van der Waals surface area contributed by atoms with Gasteiger partial charge in [-0.2, -0.15) is 5.26 Å². The van der Waals surface area contributed by atoms with E-state index in [-0.39, 0.29) is 18.6 Å². The van der Waals surface area contributed by atoms with Crippen LogP contribution in [0.15, 0.2) is 24.3 Å². The first-order chi connectivity index (χ1) is 9.29. The van der Waals surface area contributed by atoms with Crippen LogP contribution in [0.1, 0.15) is 19.3 Å². The van der Waals surface area contributed by atoms with Crippen LogP contribution in [0.3, 0.4) is 0 Å². The second kappa shape index (κ2) is 6.76. The predicted octanol–water partition coefficient (Wildman–Crippen LogP) is 1.67. The van der Waals surface area contributed by atoms with Crippen molar-refractivity contribution < 1.29 is 9.53 Å². The van der Waals surface area contributed by atoms with Crippen molar-refractivity contribution in [3.8, 4) is 11.8 Å². The highest BCUT2D eigenvalue weighted by Crippen LogP contribution is 2.18. The molecule has 5 nitrogen and oxygen atoms in total. The minimum Gasteiger partial charge on any atom is -0.479 e. The van der Waals surface area contributed by atoms with E-state index in [1.807, 2.05) is 6.07 Å². The number of carbonyl (C=O) groups is 1. The Morgan fingerprint density at radius 2 is 2.42 bits per heavy atom. The number of nitrogens with one attached hydrogen (secondary N) is 2. The predicted molar refractivity (Wildman–Crippen MR) is 71.8 cm³/mol. The normalized spacial score (nSPS) is 18.4. The molecule has 1 aliphatic rings. The average molecular weight is 259 g/mol. The zero-order valence-corrected chi connectivity index (χ0v) is 10.7. The largest absolute Gasteiger partial charge is 0.479 e. The van der Waals surface area contributed by atoms with Crippen molar-refractivity contribution in [2.24, 2.45) is 0 Å². The van der Waals surface area contributed by atoms with Crippen molar-refractivity contribution in [2.75, 3.05) is 18.5 Å². The van der Waals surface area contributed by atoms with Crippen molar-refractivity contribution >= 4 is 11.6 Å². The van der Waals surface area contributed by atoms with Crippen LogP contribution in [-0.2, 0) is 4.79 Å². The van der Waals surface area contributed by atoms with Gasteiger partial charge >= 0.3 is 0 Å². The number of ether oxygens (including phenoxy) is 1. The molecule has 0 bridgehead atoms. The van der Waals surface area contributed by atoms with Crippen molar-refractivity contribution in [2.45, 2.75) is 25.3 Å². The Balaban J connectivity index is 1.94. The van der Waals surface area contributed by atoms with Crippen LogP contribution in [0, 0.1) is 11.3 Å². The summed E-state index contributed by atoms with van der Waals surface area (Å²) in [4.78, 5) is 12.0. The van der Waals surface area contributed by atoms with Gasteiger partial charge in [-0.05, 0) is 31.5 Å². The number of benzene rings is 1. The molecule has 0 aliphatic carbocycles. The summed E-state index contributed by atoms with van der Waals surface area (Å²) >= 11 is 0. The fraction of sp³-hybridized carbons (Fsp3) is 0.429. The van der Waals surface area contributed by atoms with E-state index >= 15 is 0 Å². The molecule has 2 rings (SSSR count). The number of rotatable bonds is 4. The highest BCUT2D eigenvalue weighted by atomic mass is 16.5. The van der Waals surface area contributed by atoms with Gasteiger partial charge in [-0.1, -0.05) is 12.5 Å². The van der Waals surface area contributed by atoms with E-state index in [0.717, 1.165) is 25.8 Å². The summed E-state index contributed by atoms with van der Waals surface area (Å²) in [6, 6.07) is 8.87. The van der Waals surface area contributed by atoms with Gasteiger partial charge in [0.05, 0.1) is 6.04 Å². The summed E-state index contributed by atoms with van der Waals surface area (Å²) in [5.41, 5.74) is 0.688. The smallest absolute Gasteiger partial charge is 0.241 e. The molecule has 1 aliphatic heterocycles. The Kier molecular flexibility index (Phi) is 4.76. The third-order valence-electron chi connectivity index (χ3n) is 3.03. The quantitative estimate of drug-likeness (QED) is 0.862. The summed E-state index contributed by atoms with van der Waals surface area (Å²) in [5, 5.41) is 14.5. The Hall–Kier alpha value is -2.06. The van der Waals surface area contributed by atoms with Gasteiger partial charge in [0.15, 0.2) is 6.61 Å². The molecule has 100 valence electrons. The van der Waals surface area contributed by atoms with E-state index in [0.29, 0.717) is 11.4 Å². The van der Waals surface area contributed by atoms with Gasteiger partial charge < -0.3 is 15.4 Å². The summed E-state index contributed by atoms with van der Waals surface area (Å²) < 4.78 is 5.19.